The highest BCUT2D eigenvalue weighted by Crippen LogP contribution is 2.44. The number of halogens is 3. The minimum Gasteiger partial charge on any atom is -0.464 e. The molecule has 6 bridgehead atoms. The summed E-state index contributed by atoms with van der Waals surface area (Å²) in [4.78, 5) is 82.2. The number of fused-ring (bicyclic) bond motifs is 6. The van der Waals surface area contributed by atoms with E-state index >= 15 is 0 Å². The van der Waals surface area contributed by atoms with E-state index in [9.17, 15) is 37.1 Å². The van der Waals surface area contributed by atoms with Crippen molar-refractivity contribution in [1.29, 1.82) is 0 Å². The summed E-state index contributed by atoms with van der Waals surface area (Å²) in [6.07, 6.45) is 2.44. The third-order valence-corrected chi connectivity index (χ3v) is 15.5. The van der Waals surface area contributed by atoms with Gasteiger partial charge in [-0.1, -0.05) is 64.1 Å². The summed E-state index contributed by atoms with van der Waals surface area (Å²) >= 11 is 0. The van der Waals surface area contributed by atoms with E-state index in [-0.39, 0.29) is 49.3 Å². The van der Waals surface area contributed by atoms with E-state index in [4.69, 9.17) is 9.47 Å². The molecule has 3 fully saturated rings. The van der Waals surface area contributed by atoms with Gasteiger partial charge in [0.2, 0.25) is 11.8 Å². The molecule has 16 nitrogen and oxygen atoms in total. The number of aromatic nitrogens is 2. The number of nitrogens with one attached hydrogen (secondary N) is 2. The van der Waals surface area contributed by atoms with Crippen molar-refractivity contribution < 1.29 is 46.6 Å². The first-order valence-electron chi connectivity index (χ1n) is 26.4. The Morgan fingerprint density at radius 1 is 0.974 bits per heavy atom. The number of likely N-dealkylation sites (tertiary alicyclic amines) is 2. The van der Waals surface area contributed by atoms with E-state index in [2.05, 4.69) is 15.7 Å². The molecule has 5 amide bonds. The van der Waals surface area contributed by atoms with Gasteiger partial charge in [0, 0.05) is 99.4 Å². The summed E-state index contributed by atoms with van der Waals surface area (Å²) in [6.45, 7) is 11.1. The lowest BCUT2D eigenvalue weighted by Gasteiger charge is -2.54. The number of urea groups is 1. The molecule has 4 aliphatic rings. The Balaban J connectivity index is 1.10. The van der Waals surface area contributed by atoms with Crippen LogP contribution in [0.4, 0.5) is 18.0 Å². The van der Waals surface area contributed by atoms with Crippen LogP contribution in [-0.2, 0) is 48.0 Å². The van der Waals surface area contributed by atoms with E-state index in [1.54, 1.807) is 55.4 Å². The van der Waals surface area contributed by atoms with Gasteiger partial charge < -0.3 is 39.0 Å². The number of nitrogens with zero attached hydrogens (tertiary/aromatic N) is 7. The van der Waals surface area contributed by atoms with Crippen LogP contribution in [0.1, 0.15) is 83.2 Å². The molecule has 4 aliphatic heterocycles. The van der Waals surface area contributed by atoms with Crippen molar-refractivity contribution in [1.82, 2.24) is 44.9 Å². The van der Waals surface area contributed by atoms with Crippen LogP contribution in [0.2, 0.25) is 0 Å². The first kappa shape index (κ1) is 55.9. The molecule has 2 aromatic heterocycles. The number of likely N-dealkylation sites (N-methyl/N-ethyl adjacent to an activating group) is 2. The highest BCUT2D eigenvalue weighted by atomic mass is 19.4. The summed E-state index contributed by atoms with van der Waals surface area (Å²) < 4.78 is 57.3. The number of ether oxygens (including phenoxy) is 2. The Hall–Kier alpha value is -6.31. The van der Waals surface area contributed by atoms with Crippen molar-refractivity contribution >= 4 is 40.6 Å². The average molecular weight is 1050 g/mol. The van der Waals surface area contributed by atoms with Crippen LogP contribution in [0.5, 0.6) is 0 Å². The number of pyridine rings is 1. The molecule has 4 atom stereocenters. The lowest BCUT2D eigenvalue weighted by molar-refractivity contribution is -0.155. The van der Waals surface area contributed by atoms with Gasteiger partial charge in [0.15, 0.2) is 0 Å². The number of carbonyl (C=O) groups excluding carboxylic acids is 5. The molecule has 76 heavy (non-hydrogen) atoms. The van der Waals surface area contributed by atoms with Crippen molar-refractivity contribution in [3.63, 3.8) is 0 Å². The minimum absolute atomic E-state index is 0.0142. The number of carbonyl (C=O) groups is 5. The van der Waals surface area contributed by atoms with Gasteiger partial charge >= 0.3 is 18.2 Å². The molecular formula is C57H74F3N9O7. The highest BCUT2D eigenvalue weighted by Gasteiger charge is 2.48. The van der Waals surface area contributed by atoms with Crippen LogP contribution < -0.4 is 10.7 Å². The Morgan fingerprint density at radius 3 is 2.38 bits per heavy atom. The van der Waals surface area contributed by atoms with E-state index < -0.39 is 60.1 Å². The van der Waals surface area contributed by atoms with Crippen LogP contribution in [-0.4, -0.2) is 162 Å². The second kappa shape index (κ2) is 22.7. The largest absolute Gasteiger partial charge is 0.464 e. The topological polar surface area (TPSA) is 162 Å². The van der Waals surface area contributed by atoms with Crippen molar-refractivity contribution in [3.05, 3.63) is 89.8 Å². The number of hydrogen-bond acceptors (Lipinski definition) is 10. The molecule has 0 saturated carbocycles. The standard InChI is InChI=1S/C57H74F3N9O7/c1-36(2)49(65(8)54(74)66-26-21-56(22-27-66)32-67(33-56)47(70)18-13-24-64(6)7)51(71)62-45-29-38-14-10-15-39(28-38)40-19-20-46-42(30-40)43(31-55(4,5)35-76-53(73)44-17-12-25-69(63-44)52(45)72)50(68(46)34-57(58,59)60)41-16-11-23-61-48(41)37(3)75-9/h10-11,13-16,18-20,23,28,30,36-37,44-45,49,63H,12,17,21-22,24-27,29,31-35H2,1-9H3,(H,62,71)/b18-13+/t37-,44-,45-,49?/m0/s1. The van der Waals surface area contributed by atoms with Crippen molar-refractivity contribution in [2.24, 2.45) is 16.7 Å². The summed E-state index contributed by atoms with van der Waals surface area (Å²) in [5.41, 5.74) is 6.66. The molecule has 1 spiro atoms. The van der Waals surface area contributed by atoms with Crippen molar-refractivity contribution in [2.75, 3.05) is 74.1 Å². The van der Waals surface area contributed by atoms with Crippen LogP contribution in [0.3, 0.4) is 0 Å². The lowest BCUT2D eigenvalue weighted by atomic mass is 9.72. The first-order valence-corrected chi connectivity index (χ1v) is 26.4. The molecule has 0 aliphatic carbocycles. The van der Waals surface area contributed by atoms with E-state index in [1.165, 1.54) is 21.6 Å². The van der Waals surface area contributed by atoms with Gasteiger partial charge in [-0.05, 0) is 106 Å². The molecule has 8 rings (SSSR count). The molecule has 0 radical (unpaired) electrons. The molecule has 6 heterocycles. The van der Waals surface area contributed by atoms with E-state index in [0.717, 1.165) is 18.4 Å². The lowest BCUT2D eigenvalue weighted by Crippen LogP contribution is -2.64. The van der Waals surface area contributed by atoms with Gasteiger partial charge in [-0.2, -0.15) is 13.2 Å². The van der Waals surface area contributed by atoms with Gasteiger partial charge in [0.1, 0.15) is 24.7 Å². The van der Waals surface area contributed by atoms with Crippen LogP contribution in [0, 0.1) is 16.7 Å². The predicted octanol–water partition coefficient (Wildman–Crippen LogP) is 7.41. The number of rotatable bonds is 11. The maximum absolute atomic E-state index is 14.8. The fourth-order valence-electron chi connectivity index (χ4n) is 11.4. The maximum Gasteiger partial charge on any atom is 0.406 e. The number of hydrazine groups is 1. The van der Waals surface area contributed by atoms with Gasteiger partial charge in [-0.25, -0.2) is 10.2 Å². The van der Waals surface area contributed by atoms with Crippen LogP contribution in [0.25, 0.3) is 33.3 Å². The Bertz CT molecular complexity index is 2830. The van der Waals surface area contributed by atoms with Crippen LogP contribution in [0.15, 0.2) is 72.9 Å². The SMILES string of the molecule is CO[C@@H](C)c1ncccc1-c1c2c3cc(ccc3n1CC(F)(F)F)-c1cccc(c1)C[C@H](NC(=O)C(C(C)C)N(C)C(=O)N1CCC3(CC1)CN(C(=O)/C=C/CN(C)C)C3)C(=O)N1CCC[C@H](N1)C(=O)OCC(C)(C)C2. The number of cyclic esters (lactones) is 1. The molecule has 4 aromatic rings. The summed E-state index contributed by atoms with van der Waals surface area (Å²) in [5.74, 6) is -1.95. The van der Waals surface area contributed by atoms with Crippen molar-refractivity contribution in [3.8, 4) is 22.4 Å². The zero-order valence-corrected chi connectivity index (χ0v) is 45.3. The fraction of sp³-hybridized carbons (Fsp3) is 0.544. The smallest absolute Gasteiger partial charge is 0.406 e. The number of amides is 5. The number of esters is 1. The number of benzene rings is 2. The minimum atomic E-state index is -4.59. The monoisotopic (exact) mass is 1050 g/mol. The molecule has 2 N–H and O–H groups in total. The predicted molar refractivity (Wildman–Crippen MR) is 283 cm³/mol. The first-order chi connectivity index (χ1) is 36.0. The third kappa shape index (κ3) is 12.4. The third-order valence-electron chi connectivity index (χ3n) is 15.5. The van der Waals surface area contributed by atoms with E-state index in [1.807, 2.05) is 88.0 Å². The summed E-state index contributed by atoms with van der Waals surface area (Å²) in [7, 11) is 7.02. The zero-order chi connectivity index (χ0) is 54.9. The Labute approximate surface area is 443 Å². The van der Waals surface area contributed by atoms with Gasteiger partial charge in [0.05, 0.1) is 24.1 Å². The second-order valence-electron chi connectivity index (χ2n) is 22.7. The number of methoxy groups -OCH3 is 1. The molecule has 1 unspecified atom stereocenters. The number of hydrogen-bond donors (Lipinski definition) is 2. The Kier molecular flexibility index (Phi) is 16.7. The van der Waals surface area contributed by atoms with Gasteiger partial charge in [-0.15, -0.1) is 0 Å². The highest BCUT2D eigenvalue weighted by molar-refractivity contribution is 5.96. The quantitative estimate of drug-likeness (QED) is 0.114. The van der Waals surface area contributed by atoms with E-state index in [0.29, 0.717) is 90.1 Å². The van der Waals surface area contributed by atoms with Gasteiger partial charge in [0.25, 0.3) is 5.91 Å². The second-order valence-corrected chi connectivity index (χ2v) is 22.7. The molecule has 19 heteroatoms. The number of piperidine rings is 1. The number of alkyl halides is 3. The molecular weight excluding hydrogens is 980 g/mol. The molecule has 2 aromatic carbocycles. The Morgan fingerprint density at radius 2 is 1.70 bits per heavy atom. The summed E-state index contributed by atoms with van der Waals surface area (Å²) in [5, 5.41) is 4.99. The van der Waals surface area contributed by atoms with Crippen LogP contribution >= 0.6 is 0 Å². The molecule has 410 valence electrons. The summed E-state index contributed by atoms with van der Waals surface area (Å²) in [6, 6.07) is 13.0. The van der Waals surface area contributed by atoms with Crippen molar-refractivity contribution in [2.45, 2.75) is 110 Å². The fourth-order valence-corrected chi connectivity index (χ4v) is 11.4. The molecule has 3 saturated heterocycles. The van der Waals surface area contributed by atoms with Gasteiger partial charge in [-0.3, -0.25) is 29.2 Å². The normalized spacial score (nSPS) is 20.9. The maximum atomic E-state index is 14.8. The average Bonchev–Trinajstić information content (AvgIpc) is 3.69. The zero-order valence-electron chi connectivity index (χ0n) is 45.3.